The van der Waals surface area contributed by atoms with E-state index < -0.39 is 11.6 Å². The molecule has 0 aliphatic carbocycles. The summed E-state index contributed by atoms with van der Waals surface area (Å²) in [4.78, 5) is 36.4. The van der Waals surface area contributed by atoms with Gasteiger partial charge >= 0.3 is 6.03 Å². The van der Waals surface area contributed by atoms with E-state index in [1.165, 1.54) is 4.90 Å². The number of rotatable bonds is 6. The first-order valence-corrected chi connectivity index (χ1v) is 12.5. The number of hydrogen-bond acceptors (Lipinski definition) is 4. The highest BCUT2D eigenvalue weighted by Crippen LogP contribution is 2.49. The molecule has 1 aromatic heterocycles. The number of nitrogens with zero attached hydrogens (tertiary/aromatic N) is 3. The third-order valence-electron chi connectivity index (χ3n) is 7.28. The minimum Gasteiger partial charge on any atom is -0.508 e. The third kappa shape index (κ3) is 3.51. The number of fused-ring (bicyclic) bond motifs is 4. The highest BCUT2D eigenvalue weighted by molar-refractivity contribution is 9.10. The van der Waals surface area contributed by atoms with E-state index in [0.717, 1.165) is 51.7 Å². The van der Waals surface area contributed by atoms with Crippen molar-refractivity contribution in [3.05, 3.63) is 63.8 Å². The highest BCUT2D eigenvalue weighted by Gasteiger charge is 2.60. The van der Waals surface area contributed by atoms with Crippen molar-refractivity contribution in [3.63, 3.8) is 0 Å². The van der Waals surface area contributed by atoms with Gasteiger partial charge in [-0.05, 0) is 74.9 Å². The third-order valence-corrected chi connectivity index (χ3v) is 7.77. The quantitative estimate of drug-likeness (QED) is 0.460. The number of aromatic nitrogens is 1. The van der Waals surface area contributed by atoms with Gasteiger partial charge in [0.25, 0.3) is 5.91 Å². The molecule has 3 heterocycles. The number of imide groups is 1. The summed E-state index contributed by atoms with van der Waals surface area (Å²) in [6, 6.07) is 12.2. The molecule has 2 aliphatic heterocycles. The van der Waals surface area contributed by atoms with Crippen LogP contribution in [0.5, 0.6) is 5.75 Å². The van der Waals surface area contributed by atoms with Crippen molar-refractivity contribution in [1.82, 2.24) is 19.7 Å². The van der Waals surface area contributed by atoms with Crippen molar-refractivity contribution in [3.8, 4) is 5.75 Å². The van der Waals surface area contributed by atoms with Crippen LogP contribution in [0, 0.1) is 0 Å². The second kappa shape index (κ2) is 8.43. The van der Waals surface area contributed by atoms with Crippen LogP contribution in [0.2, 0.25) is 0 Å². The number of phenolic OH excluding ortho intramolecular Hbond substituents is 1. The molecule has 34 heavy (non-hydrogen) atoms. The standard InChI is InChI=1S/C26H29BrN4O3/c1-4-29(3)11-6-12-30-24(33)26(2)15-20-19-14-17(27)9-10-21(19)28-22(20)23(31(26)25(30)34)16-7-5-8-18(32)13-16/h5,7-10,13-14,23,28,32H,4,6,11-12,15H2,1-3H3/t23-,26+/m1/s1. The molecule has 0 spiro atoms. The molecular weight excluding hydrogens is 496 g/mol. The fraction of sp³-hybridized carbons (Fsp3) is 0.385. The van der Waals surface area contributed by atoms with E-state index in [4.69, 9.17) is 0 Å². The van der Waals surface area contributed by atoms with Gasteiger partial charge in [-0.2, -0.15) is 0 Å². The van der Waals surface area contributed by atoms with Gasteiger partial charge in [-0.3, -0.25) is 14.6 Å². The number of H-pyrrole nitrogens is 1. The Kier molecular flexibility index (Phi) is 5.68. The first-order chi connectivity index (χ1) is 16.2. The van der Waals surface area contributed by atoms with Gasteiger partial charge in [0.15, 0.2) is 0 Å². The van der Waals surface area contributed by atoms with Crippen molar-refractivity contribution < 1.29 is 14.7 Å². The van der Waals surface area contributed by atoms with Gasteiger partial charge in [0.2, 0.25) is 0 Å². The number of carbonyl (C=O) groups is 2. The van der Waals surface area contributed by atoms with Crippen LogP contribution in [0.4, 0.5) is 4.79 Å². The number of phenols is 1. The van der Waals surface area contributed by atoms with E-state index in [1.807, 2.05) is 32.2 Å². The van der Waals surface area contributed by atoms with E-state index in [1.54, 1.807) is 23.1 Å². The van der Waals surface area contributed by atoms with Crippen molar-refractivity contribution in [2.75, 3.05) is 26.7 Å². The molecule has 178 valence electrons. The largest absolute Gasteiger partial charge is 0.508 e. The van der Waals surface area contributed by atoms with Gasteiger partial charge in [0, 0.05) is 34.0 Å². The summed E-state index contributed by atoms with van der Waals surface area (Å²) in [5.41, 5.74) is 2.66. The van der Waals surface area contributed by atoms with Gasteiger partial charge in [-0.25, -0.2) is 4.79 Å². The van der Waals surface area contributed by atoms with E-state index >= 15 is 0 Å². The summed E-state index contributed by atoms with van der Waals surface area (Å²) in [6.07, 6.45) is 1.16. The number of aromatic hydroxyl groups is 1. The number of hydrogen-bond donors (Lipinski definition) is 2. The molecule has 1 fully saturated rings. The molecule has 2 N–H and O–H groups in total. The Labute approximate surface area is 207 Å². The lowest BCUT2D eigenvalue weighted by atomic mass is 9.81. The Hall–Kier alpha value is -2.84. The van der Waals surface area contributed by atoms with Crippen LogP contribution in [0.3, 0.4) is 0 Å². The summed E-state index contributed by atoms with van der Waals surface area (Å²) in [6.45, 7) is 6.09. The van der Waals surface area contributed by atoms with Crippen LogP contribution in [-0.2, 0) is 11.2 Å². The van der Waals surface area contributed by atoms with Gasteiger partial charge < -0.3 is 15.0 Å². The van der Waals surface area contributed by atoms with Crippen LogP contribution in [0.15, 0.2) is 46.9 Å². The first-order valence-electron chi connectivity index (χ1n) is 11.7. The number of halogens is 1. The molecule has 0 unspecified atom stereocenters. The maximum Gasteiger partial charge on any atom is 0.328 e. The monoisotopic (exact) mass is 524 g/mol. The fourth-order valence-corrected chi connectivity index (χ4v) is 5.74. The summed E-state index contributed by atoms with van der Waals surface area (Å²) in [7, 11) is 2.03. The lowest BCUT2D eigenvalue weighted by Crippen LogP contribution is -2.53. The fourth-order valence-electron chi connectivity index (χ4n) is 5.38. The van der Waals surface area contributed by atoms with Gasteiger partial charge in [-0.1, -0.05) is 35.0 Å². The molecule has 1 saturated heterocycles. The van der Waals surface area contributed by atoms with Crippen LogP contribution in [0.1, 0.15) is 43.1 Å². The van der Waals surface area contributed by atoms with Gasteiger partial charge in [0.1, 0.15) is 17.3 Å². The topological polar surface area (TPSA) is 79.9 Å². The molecule has 3 aromatic rings. The highest BCUT2D eigenvalue weighted by atomic mass is 79.9. The first kappa shape index (κ1) is 22.9. The Morgan fingerprint density at radius 1 is 1.24 bits per heavy atom. The number of nitrogens with one attached hydrogen (secondary N) is 1. The maximum atomic E-state index is 13.8. The summed E-state index contributed by atoms with van der Waals surface area (Å²) >= 11 is 3.57. The molecule has 8 heteroatoms. The van der Waals surface area contributed by atoms with E-state index in [2.05, 4.69) is 38.8 Å². The predicted molar refractivity (Wildman–Crippen MR) is 135 cm³/mol. The van der Waals surface area contributed by atoms with Crippen molar-refractivity contribution in [2.24, 2.45) is 0 Å². The molecule has 2 aliphatic rings. The second-order valence-electron chi connectivity index (χ2n) is 9.51. The Bertz CT molecular complexity index is 1290. The Morgan fingerprint density at radius 2 is 2.03 bits per heavy atom. The molecule has 3 amide bonds. The Balaban J connectivity index is 1.63. The smallest absolute Gasteiger partial charge is 0.328 e. The summed E-state index contributed by atoms with van der Waals surface area (Å²) in [5, 5.41) is 11.3. The Morgan fingerprint density at radius 3 is 2.76 bits per heavy atom. The number of amides is 3. The minimum absolute atomic E-state index is 0.127. The van der Waals surface area contributed by atoms with Crippen LogP contribution >= 0.6 is 15.9 Å². The molecule has 2 aromatic carbocycles. The average Bonchev–Trinajstić information content (AvgIpc) is 3.24. The van der Waals surface area contributed by atoms with Crippen LogP contribution in [-0.4, -0.2) is 68.9 Å². The summed E-state index contributed by atoms with van der Waals surface area (Å²) in [5.74, 6) is -0.0283. The SMILES string of the molecule is CCN(C)CCCN1C(=O)N2[C@H](c3cccc(O)c3)c3[nH]c4ccc(Br)cc4c3C[C@@]2(C)C1=O. The van der Waals surface area contributed by atoms with Crippen LogP contribution < -0.4 is 0 Å². The van der Waals surface area contributed by atoms with Gasteiger partial charge in [0.05, 0.1) is 0 Å². The zero-order valence-corrected chi connectivity index (χ0v) is 21.2. The zero-order valence-electron chi connectivity index (χ0n) is 19.6. The minimum atomic E-state index is -1.01. The predicted octanol–water partition coefficient (Wildman–Crippen LogP) is 4.65. The number of benzene rings is 2. The van der Waals surface area contributed by atoms with Crippen LogP contribution in [0.25, 0.3) is 10.9 Å². The van der Waals surface area contributed by atoms with Crippen molar-refractivity contribution in [1.29, 1.82) is 0 Å². The summed E-state index contributed by atoms with van der Waals surface area (Å²) < 4.78 is 0.957. The number of urea groups is 1. The number of aromatic amines is 1. The molecule has 0 radical (unpaired) electrons. The van der Waals surface area contributed by atoms with Crippen molar-refractivity contribution in [2.45, 2.75) is 38.3 Å². The van der Waals surface area contributed by atoms with E-state index in [0.29, 0.717) is 13.0 Å². The van der Waals surface area contributed by atoms with E-state index in [9.17, 15) is 14.7 Å². The number of carbonyl (C=O) groups excluding carboxylic acids is 2. The molecule has 7 nitrogen and oxygen atoms in total. The molecule has 0 saturated carbocycles. The molecular formula is C26H29BrN4O3. The van der Waals surface area contributed by atoms with Crippen molar-refractivity contribution >= 4 is 38.8 Å². The molecule has 0 bridgehead atoms. The normalized spacial score (nSPS) is 22.1. The maximum absolute atomic E-state index is 13.8. The molecule has 5 rings (SSSR count). The lowest BCUT2D eigenvalue weighted by Gasteiger charge is -2.42. The second-order valence-corrected chi connectivity index (χ2v) is 10.4. The molecule has 2 atom stereocenters. The van der Waals surface area contributed by atoms with E-state index in [-0.39, 0.29) is 17.7 Å². The lowest BCUT2D eigenvalue weighted by molar-refractivity contribution is -0.133. The average molecular weight is 525 g/mol. The zero-order chi connectivity index (χ0) is 24.2. The van der Waals surface area contributed by atoms with Gasteiger partial charge in [-0.15, -0.1) is 0 Å².